The van der Waals surface area contributed by atoms with Crippen molar-refractivity contribution in [2.24, 2.45) is 5.92 Å². The second-order valence-corrected chi connectivity index (χ2v) is 7.55. The Morgan fingerprint density at radius 2 is 2.04 bits per heavy atom. The molecule has 9 heteroatoms. The van der Waals surface area contributed by atoms with E-state index < -0.39 is 5.82 Å². The molecule has 2 amide bonds. The van der Waals surface area contributed by atoms with Crippen molar-refractivity contribution < 1.29 is 18.7 Å². The molecule has 3 rings (SSSR count). The van der Waals surface area contributed by atoms with Crippen LogP contribution in [-0.4, -0.2) is 53.2 Å². The van der Waals surface area contributed by atoms with E-state index in [0.29, 0.717) is 50.7 Å². The number of halogens is 1. The molecular weight excluding hydrogens is 383 g/mol. The van der Waals surface area contributed by atoms with Crippen LogP contribution in [0.3, 0.4) is 0 Å². The standard InChI is InChI=1S/C19H23FN4O3S/c1-2-27-12-9-16-22-23-19(28-16)21-17(25)13-7-10-24(11-8-13)18(26)14-5-3-4-6-15(14)20/h3-6,13H,2,7-12H2,1H3,(H,21,23,25). The summed E-state index contributed by atoms with van der Waals surface area (Å²) in [6, 6.07) is 5.95. The van der Waals surface area contributed by atoms with Crippen molar-refractivity contribution in [3.63, 3.8) is 0 Å². The molecular formula is C19H23FN4O3S. The van der Waals surface area contributed by atoms with Gasteiger partial charge in [-0.2, -0.15) is 0 Å². The Bertz CT molecular complexity index is 821. The van der Waals surface area contributed by atoms with Crippen LogP contribution < -0.4 is 5.32 Å². The Morgan fingerprint density at radius 3 is 2.75 bits per heavy atom. The first-order valence-electron chi connectivity index (χ1n) is 9.33. The summed E-state index contributed by atoms with van der Waals surface area (Å²) in [5.74, 6) is -1.19. The zero-order valence-electron chi connectivity index (χ0n) is 15.7. The third kappa shape index (κ3) is 5.11. The molecule has 150 valence electrons. The summed E-state index contributed by atoms with van der Waals surface area (Å²) in [5.41, 5.74) is 0.0684. The molecule has 1 aromatic carbocycles. The molecule has 28 heavy (non-hydrogen) atoms. The normalized spacial score (nSPS) is 14.9. The molecule has 2 aromatic rings. The molecule has 7 nitrogen and oxygen atoms in total. The van der Waals surface area contributed by atoms with Crippen molar-refractivity contribution in [2.45, 2.75) is 26.2 Å². The highest BCUT2D eigenvalue weighted by Crippen LogP contribution is 2.23. The van der Waals surface area contributed by atoms with Gasteiger partial charge in [0.2, 0.25) is 11.0 Å². The Morgan fingerprint density at radius 1 is 1.29 bits per heavy atom. The first-order valence-corrected chi connectivity index (χ1v) is 10.1. The number of likely N-dealkylation sites (tertiary alicyclic amines) is 1. The molecule has 0 bridgehead atoms. The average Bonchev–Trinajstić information content (AvgIpc) is 3.15. The van der Waals surface area contributed by atoms with Crippen LogP contribution in [0.5, 0.6) is 0 Å². The first-order chi connectivity index (χ1) is 13.6. The molecule has 0 unspecified atom stereocenters. The molecule has 0 radical (unpaired) electrons. The number of carbonyl (C=O) groups excluding carboxylic acids is 2. The van der Waals surface area contributed by atoms with Gasteiger partial charge in [-0.3, -0.25) is 9.59 Å². The Kier molecular flexibility index (Phi) is 7.05. The van der Waals surface area contributed by atoms with Crippen LogP contribution in [-0.2, 0) is 16.0 Å². The van der Waals surface area contributed by atoms with Gasteiger partial charge in [0.1, 0.15) is 10.8 Å². The average molecular weight is 406 g/mol. The number of rotatable bonds is 7. The van der Waals surface area contributed by atoms with E-state index in [9.17, 15) is 14.0 Å². The lowest BCUT2D eigenvalue weighted by molar-refractivity contribution is -0.121. The maximum Gasteiger partial charge on any atom is 0.256 e. The molecule has 1 aromatic heterocycles. The molecule has 0 atom stereocenters. The van der Waals surface area contributed by atoms with Crippen molar-refractivity contribution in [3.05, 3.63) is 40.7 Å². The minimum Gasteiger partial charge on any atom is -0.381 e. The van der Waals surface area contributed by atoms with Gasteiger partial charge >= 0.3 is 0 Å². The number of nitrogens with one attached hydrogen (secondary N) is 1. The topological polar surface area (TPSA) is 84.4 Å². The summed E-state index contributed by atoms with van der Waals surface area (Å²) in [6.45, 7) is 4.00. The van der Waals surface area contributed by atoms with E-state index in [0.717, 1.165) is 5.01 Å². The predicted molar refractivity (Wildman–Crippen MR) is 104 cm³/mol. The van der Waals surface area contributed by atoms with Crippen LogP contribution in [0.1, 0.15) is 35.1 Å². The smallest absolute Gasteiger partial charge is 0.256 e. The van der Waals surface area contributed by atoms with Gasteiger partial charge < -0.3 is 15.0 Å². The van der Waals surface area contributed by atoms with E-state index >= 15 is 0 Å². The summed E-state index contributed by atoms with van der Waals surface area (Å²) >= 11 is 1.34. The number of piperidine rings is 1. The first kappa shape index (κ1) is 20.3. The van der Waals surface area contributed by atoms with Gasteiger partial charge in [0.25, 0.3) is 5.91 Å². The molecule has 1 fully saturated rings. The van der Waals surface area contributed by atoms with Crippen LogP contribution in [0.4, 0.5) is 9.52 Å². The van der Waals surface area contributed by atoms with Gasteiger partial charge in [0, 0.05) is 32.0 Å². The number of aromatic nitrogens is 2. The predicted octanol–water partition coefficient (Wildman–Crippen LogP) is 2.75. The number of hydrogen-bond acceptors (Lipinski definition) is 6. The minimum atomic E-state index is -0.524. The highest BCUT2D eigenvalue weighted by atomic mass is 32.1. The van der Waals surface area contributed by atoms with E-state index in [1.54, 1.807) is 17.0 Å². The van der Waals surface area contributed by atoms with Gasteiger partial charge in [-0.15, -0.1) is 10.2 Å². The summed E-state index contributed by atoms with van der Waals surface area (Å²) in [4.78, 5) is 26.5. The minimum absolute atomic E-state index is 0.0684. The molecule has 0 aliphatic carbocycles. The Hall–Kier alpha value is -2.39. The van der Waals surface area contributed by atoms with Gasteiger partial charge in [-0.25, -0.2) is 4.39 Å². The molecule has 0 spiro atoms. The monoisotopic (exact) mass is 406 g/mol. The van der Waals surface area contributed by atoms with Crippen LogP contribution >= 0.6 is 11.3 Å². The van der Waals surface area contributed by atoms with Crippen molar-refractivity contribution in [1.82, 2.24) is 15.1 Å². The van der Waals surface area contributed by atoms with E-state index in [1.807, 2.05) is 6.92 Å². The third-order valence-corrected chi connectivity index (χ3v) is 5.52. The van der Waals surface area contributed by atoms with E-state index in [-0.39, 0.29) is 23.3 Å². The molecule has 1 aliphatic rings. The number of amides is 2. The number of nitrogens with zero attached hydrogens (tertiary/aromatic N) is 3. The van der Waals surface area contributed by atoms with Crippen molar-refractivity contribution in [2.75, 3.05) is 31.6 Å². The SMILES string of the molecule is CCOCCc1nnc(NC(=O)C2CCN(C(=O)c3ccccc3F)CC2)s1. The van der Waals surface area contributed by atoms with Crippen molar-refractivity contribution >= 4 is 28.3 Å². The number of benzene rings is 1. The van der Waals surface area contributed by atoms with Gasteiger partial charge in [-0.05, 0) is 31.9 Å². The van der Waals surface area contributed by atoms with Crippen LogP contribution in [0.15, 0.2) is 24.3 Å². The maximum atomic E-state index is 13.8. The van der Waals surface area contributed by atoms with Gasteiger partial charge in [-0.1, -0.05) is 23.5 Å². The van der Waals surface area contributed by atoms with Crippen LogP contribution in [0, 0.1) is 11.7 Å². The number of hydrogen-bond donors (Lipinski definition) is 1. The molecule has 1 N–H and O–H groups in total. The summed E-state index contributed by atoms with van der Waals surface area (Å²) < 4.78 is 19.1. The van der Waals surface area contributed by atoms with E-state index in [4.69, 9.17) is 4.74 Å². The van der Waals surface area contributed by atoms with E-state index in [1.165, 1.54) is 23.5 Å². The second-order valence-electron chi connectivity index (χ2n) is 6.48. The molecule has 1 saturated heterocycles. The molecule has 1 aliphatic heterocycles. The number of ether oxygens (including phenoxy) is 1. The molecule has 0 saturated carbocycles. The number of anilines is 1. The fourth-order valence-electron chi connectivity index (χ4n) is 3.07. The van der Waals surface area contributed by atoms with Crippen LogP contribution in [0.25, 0.3) is 0 Å². The summed E-state index contributed by atoms with van der Waals surface area (Å²) in [5, 5.41) is 12.1. The van der Waals surface area contributed by atoms with Gasteiger partial charge in [0.05, 0.1) is 12.2 Å². The molecule has 2 heterocycles. The lowest BCUT2D eigenvalue weighted by Crippen LogP contribution is -2.41. The Balaban J connectivity index is 1.49. The zero-order chi connectivity index (χ0) is 19.9. The quantitative estimate of drug-likeness (QED) is 0.715. The lowest BCUT2D eigenvalue weighted by Gasteiger charge is -2.31. The highest BCUT2D eigenvalue weighted by Gasteiger charge is 2.29. The Labute approximate surface area is 166 Å². The van der Waals surface area contributed by atoms with Crippen molar-refractivity contribution in [3.8, 4) is 0 Å². The van der Waals surface area contributed by atoms with Gasteiger partial charge in [0.15, 0.2) is 0 Å². The van der Waals surface area contributed by atoms with E-state index in [2.05, 4.69) is 15.5 Å². The third-order valence-electron chi connectivity index (χ3n) is 4.62. The van der Waals surface area contributed by atoms with Crippen molar-refractivity contribution in [1.29, 1.82) is 0 Å². The summed E-state index contributed by atoms with van der Waals surface area (Å²) in [6.07, 6.45) is 1.72. The zero-order valence-corrected chi connectivity index (χ0v) is 16.5. The maximum absolute atomic E-state index is 13.8. The van der Waals surface area contributed by atoms with Crippen LogP contribution in [0.2, 0.25) is 0 Å². The largest absolute Gasteiger partial charge is 0.381 e. The number of carbonyl (C=O) groups is 2. The fraction of sp³-hybridized carbons (Fsp3) is 0.474. The highest BCUT2D eigenvalue weighted by molar-refractivity contribution is 7.15. The fourth-order valence-corrected chi connectivity index (χ4v) is 3.79. The second kappa shape index (κ2) is 9.70. The lowest BCUT2D eigenvalue weighted by atomic mass is 9.95. The summed E-state index contributed by atoms with van der Waals surface area (Å²) in [7, 11) is 0.